The van der Waals surface area contributed by atoms with Crippen LogP contribution in [0.5, 0.6) is 0 Å². The van der Waals surface area contributed by atoms with Crippen LogP contribution in [0.1, 0.15) is 44.8 Å². The fraction of sp³-hybridized carbons (Fsp3) is 0.667. The predicted molar refractivity (Wildman–Crippen MR) is 73.4 cm³/mol. The lowest BCUT2D eigenvalue weighted by Crippen LogP contribution is -2.38. The van der Waals surface area contributed by atoms with Crippen LogP contribution < -0.4 is 5.32 Å². The van der Waals surface area contributed by atoms with Crippen molar-refractivity contribution in [2.75, 3.05) is 19.8 Å². The molecule has 2 heterocycles. The molecule has 1 atom stereocenters. The second kappa shape index (κ2) is 6.44. The van der Waals surface area contributed by atoms with Crippen molar-refractivity contribution in [1.82, 2.24) is 10.3 Å². The third-order valence-electron chi connectivity index (χ3n) is 3.99. The average molecular weight is 266 g/mol. The van der Waals surface area contributed by atoms with Crippen molar-refractivity contribution >= 4 is 0 Å². The molecule has 1 N–H and O–H groups in total. The van der Waals surface area contributed by atoms with E-state index in [0.717, 1.165) is 44.7 Å². The first-order valence-corrected chi connectivity index (χ1v) is 7.05. The second-order valence-electron chi connectivity index (χ2n) is 5.67. The summed E-state index contributed by atoms with van der Waals surface area (Å²) in [7, 11) is 0. The number of hydrogen-bond donors (Lipinski definition) is 1. The third-order valence-corrected chi connectivity index (χ3v) is 3.99. The summed E-state index contributed by atoms with van der Waals surface area (Å²) in [4.78, 5) is 4.17. The molecule has 0 aliphatic carbocycles. The van der Waals surface area contributed by atoms with Crippen LogP contribution in [0, 0.1) is 11.2 Å². The minimum absolute atomic E-state index is 0.195. The van der Waals surface area contributed by atoms with Crippen molar-refractivity contribution in [3.8, 4) is 0 Å². The Morgan fingerprint density at radius 2 is 2.16 bits per heavy atom. The number of aromatic nitrogens is 1. The largest absolute Gasteiger partial charge is 0.381 e. The molecule has 0 radical (unpaired) electrons. The lowest BCUT2D eigenvalue weighted by molar-refractivity contribution is 0.0227. The van der Waals surface area contributed by atoms with Gasteiger partial charge in [0.25, 0.3) is 0 Å². The molecule has 0 saturated carbocycles. The van der Waals surface area contributed by atoms with Gasteiger partial charge in [-0.3, -0.25) is 4.98 Å². The van der Waals surface area contributed by atoms with Gasteiger partial charge in [-0.2, -0.15) is 0 Å². The third kappa shape index (κ3) is 3.98. The molecular weight excluding hydrogens is 243 g/mol. The SMILES string of the molecule is CCC(NCC1(C)CCOCC1)c1ccc(F)cn1. The van der Waals surface area contributed by atoms with Crippen LogP contribution >= 0.6 is 0 Å². The molecule has 1 aliphatic heterocycles. The van der Waals surface area contributed by atoms with Gasteiger partial charge in [0.1, 0.15) is 5.82 Å². The van der Waals surface area contributed by atoms with Gasteiger partial charge in [0.2, 0.25) is 0 Å². The van der Waals surface area contributed by atoms with Gasteiger partial charge in [0.05, 0.1) is 11.9 Å². The van der Waals surface area contributed by atoms with Crippen LogP contribution in [0.15, 0.2) is 18.3 Å². The van der Waals surface area contributed by atoms with Crippen LogP contribution in [-0.4, -0.2) is 24.7 Å². The lowest BCUT2D eigenvalue weighted by Gasteiger charge is -2.35. The van der Waals surface area contributed by atoms with Gasteiger partial charge >= 0.3 is 0 Å². The van der Waals surface area contributed by atoms with Crippen LogP contribution in [0.2, 0.25) is 0 Å². The summed E-state index contributed by atoms with van der Waals surface area (Å²) in [5, 5.41) is 3.57. The molecule has 19 heavy (non-hydrogen) atoms. The Morgan fingerprint density at radius 1 is 1.42 bits per heavy atom. The maximum Gasteiger partial charge on any atom is 0.141 e. The fourth-order valence-corrected chi connectivity index (χ4v) is 2.46. The van der Waals surface area contributed by atoms with E-state index in [0.29, 0.717) is 5.41 Å². The highest BCUT2D eigenvalue weighted by Gasteiger charge is 2.28. The van der Waals surface area contributed by atoms with Crippen molar-refractivity contribution < 1.29 is 9.13 Å². The zero-order valence-corrected chi connectivity index (χ0v) is 11.8. The molecule has 1 aromatic heterocycles. The standard InChI is InChI=1S/C15H23FN2O/c1-3-13(14-5-4-12(16)10-17-14)18-11-15(2)6-8-19-9-7-15/h4-5,10,13,18H,3,6-9,11H2,1-2H3. The molecule has 2 rings (SSSR count). The van der Waals surface area contributed by atoms with Crippen molar-refractivity contribution in [2.45, 2.75) is 39.2 Å². The zero-order valence-electron chi connectivity index (χ0n) is 11.8. The zero-order chi connectivity index (χ0) is 13.7. The average Bonchev–Trinajstić information content (AvgIpc) is 2.42. The normalized spacial score (nSPS) is 20.2. The molecule has 0 amide bonds. The van der Waals surface area contributed by atoms with Crippen molar-refractivity contribution in [1.29, 1.82) is 0 Å². The number of rotatable bonds is 5. The minimum Gasteiger partial charge on any atom is -0.381 e. The highest BCUT2D eigenvalue weighted by molar-refractivity contribution is 5.09. The molecule has 0 bridgehead atoms. The lowest BCUT2D eigenvalue weighted by atomic mass is 9.82. The van der Waals surface area contributed by atoms with Gasteiger partial charge in [-0.25, -0.2) is 4.39 Å². The molecule has 3 nitrogen and oxygen atoms in total. The minimum atomic E-state index is -0.282. The molecule has 1 unspecified atom stereocenters. The summed E-state index contributed by atoms with van der Waals surface area (Å²) in [5.74, 6) is -0.282. The maximum atomic E-state index is 12.9. The molecule has 1 aromatic rings. The van der Waals surface area contributed by atoms with E-state index in [9.17, 15) is 4.39 Å². The Morgan fingerprint density at radius 3 is 2.74 bits per heavy atom. The van der Waals surface area contributed by atoms with Gasteiger partial charge in [0.15, 0.2) is 0 Å². The number of nitrogens with one attached hydrogen (secondary N) is 1. The van der Waals surface area contributed by atoms with E-state index < -0.39 is 0 Å². The van der Waals surface area contributed by atoms with Crippen LogP contribution in [-0.2, 0) is 4.74 Å². The molecule has 1 saturated heterocycles. The van der Waals surface area contributed by atoms with Gasteiger partial charge in [0, 0.05) is 25.8 Å². The van der Waals surface area contributed by atoms with Gasteiger partial charge in [-0.1, -0.05) is 13.8 Å². The number of pyridine rings is 1. The number of ether oxygens (including phenoxy) is 1. The second-order valence-corrected chi connectivity index (χ2v) is 5.67. The van der Waals surface area contributed by atoms with Crippen LogP contribution in [0.3, 0.4) is 0 Å². The van der Waals surface area contributed by atoms with E-state index in [1.807, 2.05) is 0 Å². The Kier molecular flexibility index (Phi) is 4.88. The van der Waals surface area contributed by atoms with Crippen molar-refractivity contribution in [2.24, 2.45) is 5.41 Å². The topological polar surface area (TPSA) is 34.1 Å². The quantitative estimate of drug-likeness (QED) is 0.889. The Hall–Kier alpha value is -1.00. The van der Waals surface area contributed by atoms with E-state index in [1.54, 1.807) is 6.07 Å². The predicted octanol–water partition coefficient (Wildman–Crippen LogP) is 3.08. The molecule has 4 heteroatoms. The summed E-state index contributed by atoms with van der Waals surface area (Å²) in [6, 6.07) is 3.44. The van der Waals surface area contributed by atoms with E-state index in [4.69, 9.17) is 4.74 Å². The first-order chi connectivity index (χ1) is 9.13. The highest BCUT2D eigenvalue weighted by Crippen LogP contribution is 2.29. The first kappa shape index (κ1) is 14.4. The molecule has 106 valence electrons. The van der Waals surface area contributed by atoms with Crippen LogP contribution in [0.4, 0.5) is 4.39 Å². The Bertz CT molecular complexity index is 388. The molecular formula is C15H23FN2O. The van der Waals surface area contributed by atoms with Gasteiger partial charge < -0.3 is 10.1 Å². The summed E-state index contributed by atoms with van der Waals surface area (Å²) >= 11 is 0. The van der Waals surface area contributed by atoms with E-state index >= 15 is 0 Å². The fourth-order valence-electron chi connectivity index (χ4n) is 2.46. The highest BCUT2D eigenvalue weighted by atomic mass is 19.1. The Balaban J connectivity index is 1.93. The van der Waals surface area contributed by atoms with Gasteiger partial charge in [-0.05, 0) is 36.8 Å². The molecule has 1 aliphatic rings. The summed E-state index contributed by atoms with van der Waals surface area (Å²) < 4.78 is 18.3. The van der Waals surface area contributed by atoms with E-state index in [-0.39, 0.29) is 11.9 Å². The molecule has 1 fully saturated rings. The molecule has 0 spiro atoms. The van der Waals surface area contributed by atoms with Crippen molar-refractivity contribution in [3.05, 3.63) is 29.8 Å². The number of halogens is 1. The monoisotopic (exact) mass is 266 g/mol. The Labute approximate surface area is 114 Å². The van der Waals surface area contributed by atoms with Crippen molar-refractivity contribution in [3.63, 3.8) is 0 Å². The van der Waals surface area contributed by atoms with E-state index in [2.05, 4.69) is 24.1 Å². The molecule has 0 aromatic carbocycles. The number of nitrogens with zero attached hydrogens (tertiary/aromatic N) is 1. The maximum absolute atomic E-state index is 12.9. The van der Waals surface area contributed by atoms with E-state index in [1.165, 1.54) is 12.3 Å². The first-order valence-electron chi connectivity index (χ1n) is 7.05. The summed E-state index contributed by atoms with van der Waals surface area (Å²) in [5.41, 5.74) is 1.21. The summed E-state index contributed by atoms with van der Waals surface area (Å²) in [6.07, 6.45) is 4.42. The smallest absolute Gasteiger partial charge is 0.141 e. The van der Waals surface area contributed by atoms with Crippen LogP contribution in [0.25, 0.3) is 0 Å². The van der Waals surface area contributed by atoms with Gasteiger partial charge in [-0.15, -0.1) is 0 Å². The number of hydrogen-bond acceptors (Lipinski definition) is 3. The summed E-state index contributed by atoms with van der Waals surface area (Å²) in [6.45, 7) is 7.07.